The van der Waals surface area contributed by atoms with Crippen molar-refractivity contribution in [2.24, 2.45) is 0 Å². The topological polar surface area (TPSA) is 111 Å². The summed E-state index contributed by atoms with van der Waals surface area (Å²) >= 11 is 5.88. The molecule has 4 aromatic rings. The second-order valence-corrected chi connectivity index (χ2v) is 8.30. The van der Waals surface area contributed by atoms with Gasteiger partial charge in [0.15, 0.2) is 23.6 Å². The monoisotopic (exact) mass is 526 g/mol. The first kappa shape index (κ1) is 25.5. The number of rotatable bonds is 7. The summed E-state index contributed by atoms with van der Waals surface area (Å²) in [5.41, 5.74) is -0.691. The van der Waals surface area contributed by atoms with Gasteiger partial charge >= 0.3 is 11.9 Å². The van der Waals surface area contributed by atoms with Crippen LogP contribution in [0.1, 0.15) is 24.7 Å². The number of halogens is 5. The third kappa shape index (κ3) is 5.17. The lowest BCUT2D eigenvalue weighted by atomic mass is 10.2. The normalized spacial score (nSPS) is 13.7. The van der Waals surface area contributed by atoms with E-state index in [0.717, 1.165) is 9.36 Å². The molecule has 0 aliphatic carbocycles. The Labute approximate surface area is 205 Å². The van der Waals surface area contributed by atoms with Crippen LogP contribution in [0.4, 0.5) is 17.6 Å². The van der Waals surface area contributed by atoms with Crippen LogP contribution in [0.25, 0.3) is 17.1 Å². The van der Waals surface area contributed by atoms with Crippen molar-refractivity contribution in [2.45, 2.75) is 38.4 Å². The zero-order chi connectivity index (χ0) is 26.2. The van der Waals surface area contributed by atoms with Gasteiger partial charge in [0.25, 0.3) is 0 Å². The highest BCUT2D eigenvalue weighted by atomic mass is 35.5. The first-order valence-corrected chi connectivity index (χ1v) is 10.9. The highest BCUT2D eigenvalue weighted by Gasteiger charge is 2.39. The fourth-order valence-electron chi connectivity index (χ4n) is 3.44. The number of para-hydroxylation sites is 1. The number of hydrogen-bond acceptors (Lipinski definition) is 6. The number of aliphatic hydroxyl groups is 2. The standard InChI is InChI=1S/C22H19ClF4N6O3/c1-12(34)19-28-18(29-33(19)16-5-3-2-4-15(16)24)11-32-21(36)31(10-17(35)22(25,26)27)20(30-32)13-6-8-14(23)9-7-13/h2-9,12,17,34-35H,10-11H2,1H3. The molecule has 2 N–H and O–H groups in total. The smallest absolute Gasteiger partial charge is 0.385 e. The predicted octanol–water partition coefficient (Wildman–Crippen LogP) is 3.11. The van der Waals surface area contributed by atoms with E-state index in [0.29, 0.717) is 9.59 Å². The SMILES string of the molecule is CC(O)c1nc(Cn2nc(-c3ccc(Cl)cc3)n(CC(O)C(F)(F)F)c2=O)nn1-c1ccccc1F. The lowest BCUT2D eigenvalue weighted by Crippen LogP contribution is -2.37. The van der Waals surface area contributed by atoms with E-state index in [-0.39, 0.29) is 28.7 Å². The Morgan fingerprint density at radius 3 is 2.33 bits per heavy atom. The van der Waals surface area contributed by atoms with Crippen LogP contribution in [0.5, 0.6) is 0 Å². The van der Waals surface area contributed by atoms with Crippen molar-refractivity contribution in [3.05, 3.63) is 81.5 Å². The minimum atomic E-state index is -4.97. The average Bonchev–Trinajstić information content (AvgIpc) is 3.36. The van der Waals surface area contributed by atoms with E-state index in [1.165, 1.54) is 49.4 Å². The molecule has 0 saturated heterocycles. The van der Waals surface area contributed by atoms with Crippen molar-refractivity contribution in [3.63, 3.8) is 0 Å². The molecule has 4 rings (SSSR count). The van der Waals surface area contributed by atoms with Crippen molar-refractivity contribution < 1.29 is 27.8 Å². The summed E-state index contributed by atoms with van der Waals surface area (Å²) in [6, 6.07) is 11.5. The van der Waals surface area contributed by atoms with Crippen LogP contribution in [0.15, 0.2) is 53.3 Å². The number of aliphatic hydroxyl groups excluding tert-OH is 2. The molecule has 36 heavy (non-hydrogen) atoms. The Balaban J connectivity index is 1.78. The zero-order valence-electron chi connectivity index (χ0n) is 18.6. The van der Waals surface area contributed by atoms with Crippen LogP contribution >= 0.6 is 11.6 Å². The molecule has 190 valence electrons. The summed E-state index contributed by atoms with van der Waals surface area (Å²) in [4.78, 5) is 17.2. The summed E-state index contributed by atoms with van der Waals surface area (Å²) in [5.74, 6) is -0.861. The zero-order valence-corrected chi connectivity index (χ0v) is 19.3. The van der Waals surface area contributed by atoms with E-state index in [1.807, 2.05) is 0 Å². The van der Waals surface area contributed by atoms with E-state index >= 15 is 0 Å². The molecule has 0 aliphatic rings. The van der Waals surface area contributed by atoms with Crippen LogP contribution in [-0.2, 0) is 13.1 Å². The minimum absolute atomic E-state index is 0.000166. The highest BCUT2D eigenvalue weighted by molar-refractivity contribution is 6.30. The van der Waals surface area contributed by atoms with E-state index in [4.69, 9.17) is 11.6 Å². The molecule has 2 aromatic heterocycles. The summed E-state index contributed by atoms with van der Waals surface area (Å²) in [7, 11) is 0. The molecule has 0 fully saturated rings. The Bertz CT molecular complexity index is 1430. The Kier molecular flexibility index (Phi) is 6.98. The molecular weight excluding hydrogens is 508 g/mol. The number of benzene rings is 2. The number of aromatic nitrogens is 6. The maximum Gasteiger partial charge on any atom is 0.416 e. The molecule has 2 aromatic carbocycles. The van der Waals surface area contributed by atoms with Gasteiger partial charge in [0.2, 0.25) is 0 Å². The molecule has 0 saturated carbocycles. The molecule has 0 aliphatic heterocycles. The minimum Gasteiger partial charge on any atom is -0.385 e. The molecule has 0 amide bonds. The second kappa shape index (κ2) is 9.84. The van der Waals surface area contributed by atoms with E-state index in [2.05, 4.69) is 15.2 Å². The van der Waals surface area contributed by atoms with Gasteiger partial charge in [-0.15, -0.1) is 10.2 Å². The van der Waals surface area contributed by atoms with Crippen LogP contribution in [0.2, 0.25) is 5.02 Å². The Morgan fingerprint density at radius 1 is 1.06 bits per heavy atom. The number of alkyl halides is 3. The largest absolute Gasteiger partial charge is 0.416 e. The predicted molar refractivity (Wildman–Crippen MR) is 120 cm³/mol. The van der Waals surface area contributed by atoms with Crippen molar-refractivity contribution in [2.75, 3.05) is 0 Å². The van der Waals surface area contributed by atoms with Crippen molar-refractivity contribution in [1.29, 1.82) is 0 Å². The fourth-order valence-corrected chi connectivity index (χ4v) is 3.56. The molecule has 0 radical (unpaired) electrons. The van der Waals surface area contributed by atoms with Crippen molar-refractivity contribution in [3.8, 4) is 17.1 Å². The fraction of sp³-hybridized carbons (Fsp3) is 0.273. The number of hydrogen-bond donors (Lipinski definition) is 2. The molecule has 14 heteroatoms. The first-order chi connectivity index (χ1) is 17.0. The van der Waals surface area contributed by atoms with Gasteiger partial charge in [0.1, 0.15) is 24.2 Å². The molecule has 2 unspecified atom stereocenters. The summed E-state index contributed by atoms with van der Waals surface area (Å²) in [5, 5.41) is 28.4. The Morgan fingerprint density at radius 2 is 1.72 bits per heavy atom. The molecule has 0 bridgehead atoms. The third-order valence-corrected chi connectivity index (χ3v) is 5.43. The van der Waals surface area contributed by atoms with Crippen LogP contribution in [0, 0.1) is 5.82 Å². The van der Waals surface area contributed by atoms with Crippen LogP contribution < -0.4 is 5.69 Å². The van der Waals surface area contributed by atoms with Gasteiger partial charge in [-0.3, -0.25) is 4.57 Å². The summed E-state index contributed by atoms with van der Waals surface area (Å²) in [6.45, 7) is -0.116. The van der Waals surface area contributed by atoms with Gasteiger partial charge in [0.05, 0.1) is 6.54 Å². The van der Waals surface area contributed by atoms with Gasteiger partial charge in [-0.05, 0) is 43.3 Å². The van der Waals surface area contributed by atoms with Crippen molar-refractivity contribution >= 4 is 11.6 Å². The van der Waals surface area contributed by atoms with E-state index in [9.17, 15) is 32.6 Å². The van der Waals surface area contributed by atoms with Gasteiger partial charge in [-0.1, -0.05) is 23.7 Å². The van der Waals surface area contributed by atoms with E-state index < -0.39 is 43.0 Å². The molecule has 2 heterocycles. The maximum absolute atomic E-state index is 14.3. The van der Waals surface area contributed by atoms with Crippen molar-refractivity contribution in [1.82, 2.24) is 29.1 Å². The van der Waals surface area contributed by atoms with E-state index in [1.54, 1.807) is 6.07 Å². The van der Waals surface area contributed by atoms with Gasteiger partial charge < -0.3 is 10.2 Å². The Hall–Kier alpha value is -3.55. The first-order valence-electron chi connectivity index (χ1n) is 10.5. The highest BCUT2D eigenvalue weighted by Crippen LogP contribution is 2.24. The molecule has 9 nitrogen and oxygen atoms in total. The quantitative estimate of drug-likeness (QED) is 0.358. The lowest BCUT2D eigenvalue weighted by Gasteiger charge is -2.15. The third-order valence-electron chi connectivity index (χ3n) is 5.18. The van der Waals surface area contributed by atoms with Crippen LogP contribution in [-0.4, -0.2) is 51.6 Å². The summed E-state index contributed by atoms with van der Waals surface area (Å²) in [6.07, 6.45) is -8.95. The van der Waals surface area contributed by atoms with Crippen LogP contribution in [0.3, 0.4) is 0 Å². The number of nitrogens with zero attached hydrogens (tertiary/aromatic N) is 6. The van der Waals surface area contributed by atoms with Gasteiger partial charge in [-0.25, -0.2) is 23.5 Å². The van der Waals surface area contributed by atoms with Gasteiger partial charge in [0, 0.05) is 10.6 Å². The molecule has 0 spiro atoms. The average molecular weight is 527 g/mol. The molecular formula is C22H19ClF4N6O3. The molecule has 2 atom stereocenters. The maximum atomic E-state index is 14.3. The lowest BCUT2D eigenvalue weighted by molar-refractivity contribution is -0.207. The summed E-state index contributed by atoms with van der Waals surface area (Å²) < 4.78 is 56.0. The second-order valence-electron chi connectivity index (χ2n) is 7.86. The van der Waals surface area contributed by atoms with Gasteiger partial charge in [-0.2, -0.15) is 13.2 Å².